The number of halogens is 2. The lowest BCUT2D eigenvalue weighted by Crippen LogP contribution is -2.13. The Morgan fingerprint density at radius 2 is 2.06 bits per heavy atom. The van der Waals surface area contributed by atoms with E-state index in [2.05, 4.69) is 10.3 Å². The van der Waals surface area contributed by atoms with Gasteiger partial charge in [-0.25, -0.2) is 4.98 Å². The fourth-order valence-electron chi connectivity index (χ4n) is 1.39. The van der Waals surface area contributed by atoms with Gasteiger partial charge >= 0.3 is 0 Å². The number of carbonyl (C=O) groups excluding carboxylic acids is 1. The molecule has 1 aromatic carbocycles. The SMILES string of the molecule is Nc1ccc(Cl)c(C(=O)Nc2cccnc2Cl)c1. The summed E-state index contributed by atoms with van der Waals surface area (Å²) in [6.07, 6.45) is 1.53. The molecule has 2 aromatic rings. The van der Waals surface area contributed by atoms with Crippen LogP contribution < -0.4 is 11.1 Å². The van der Waals surface area contributed by atoms with Crippen LogP contribution in [0, 0.1) is 0 Å². The Labute approximate surface area is 114 Å². The summed E-state index contributed by atoms with van der Waals surface area (Å²) in [4.78, 5) is 15.9. The van der Waals surface area contributed by atoms with Gasteiger partial charge in [0.1, 0.15) is 0 Å². The van der Waals surface area contributed by atoms with E-state index in [4.69, 9.17) is 28.9 Å². The number of nitrogens with two attached hydrogens (primary N) is 1. The van der Waals surface area contributed by atoms with Gasteiger partial charge in [-0.05, 0) is 30.3 Å². The van der Waals surface area contributed by atoms with Crippen molar-refractivity contribution in [1.82, 2.24) is 4.98 Å². The second-order valence-electron chi connectivity index (χ2n) is 3.54. The molecule has 0 aliphatic heterocycles. The van der Waals surface area contributed by atoms with E-state index >= 15 is 0 Å². The number of hydrogen-bond acceptors (Lipinski definition) is 3. The zero-order valence-corrected chi connectivity index (χ0v) is 10.7. The highest BCUT2D eigenvalue weighted by Crippen LogP contribution is 2.22. The van der Waals surface area contributed by atoms with Gasteiger partial charge in [0.2, 0.25) is 0 Å². The van der Waals surface area contributed by atoms with Gasteiger partial charge in [0.15, 0.2) is 5.15 Å². The first-order chi connectivity index (χ1) is 8.58. The number of nitrogens with zero attached hydrogens (tertiary/aromatic N) is 1. The van der Waals surface area contributed by atoms with Crippen molar-refractivity contribution in [2.45, 2.75) is 0 Å². The van der Waals surface area contributed by atoms with E-state index in [0.717, 1.165) is 0 Å². The fourth-order valence-corrected chi connectivity index (χ4v) is 1.76. The maximum Gasteiger partial charge on any atom is 0.257 e. The van der Waals surface area contributed by atoms with Crippen molar-refractivity contribution < 1.29 is 4.79 Å². The number of aromatic nitrogens is 1. The summed E-state index contributed by atoms with van der Waals surface area (Å²) in [6, 6.07) is 8.00. The van der Waals surface area contributed by atoms with E-state index in [1.807, 2.05) is 0 Å². The van der Waals surface area contributed by atoms with Gasteiger partial charge in [0.05, 0.1) is 16.3 Å². The number of amides is 1. The Kier molecular flexibility index (Phi) is 3.69. The lowest BCUT2D eigenvalue weighted by molar-refractivity contribution is 0.102. The zero-order valence-electron chi connectivity index (χ0n) is 9.15. The standard InChI is InChI=1S/C12H9Cl2N3O/c13-9-4-3-7(15)6-8(9)12(18)17-10-2-1-5-16-11(10)14/h1-6H,15H2,(H,17,18). The van der Waals surface area contributed by atoms with Crippen LogP contribution in [-0.4, -0.2) is 10.9 Å². The van der Waals surface area contributed by atoms with Crippen molar-refractivity contribution in [2.24, 2.45) is 0 Å². The first-order valence-corrected chi connectivity index (χ1v) is 5.80. The van der Waals surface area contributed by atoms with E-state index in [1.54, 1.807) is 24.3 Å². The molecule has 0 bridgehead atoms. The number of rotatable bonds is 2. The summed E-state index contributed by atoms with van der Waals surface area (Å²) in [6.45, 7) is 0. The normalized spacial score (nSPS) is 10.1. The average Bonchev–Trinajstić information content (AvgIpc) is 2.35. The average molecular weight is 282 g/mol. The van der Waals surface area contributed by atoms with Crippen molar-refractivity contribution in [3.63, 3.8) is 0 Å². The lowest BCUT2D eigenvalue weighted by Gasteiger charge is -2.08. The molecular weight excluding hydrogens is 273 g/mol. The van der Waals surface area contributed by atoms with Crippen molar-refractivity contribution in [3.8, 4) is 0 Å². The molecule has 1 amide bonds. The Bertz CT molecular complexity index is 602. The van der Waals surface area contributed by atoms with Crippen molar-refractivity contribution >= 4 is 40.5 Å². The van der Waals surface area contributed by atoms with Gasteiger partial charge in [0, 0.05) is 11.9 Å². The number of hydrogen-bond donors (Lipinski definition) is 2. The van der Waals surface area contributed by atoms with Crippen LogP contribution in [0.1, 0.15) is 10.4 Å². The summed E-state index contributed by atoms with van der Waals surface area (Å²) < 4.78 is 0. The van der Waals surface area contributed by atoms with Crippen LogP contribution in [0.15, 0.2) is 36.5 Å². The Balaban J connectivity index is 2.28. The Hall–Kier alpha value is -1.78. The molecule has 18 heavy (non-hydrogen) atoms. The molecule has 0 spiro atoms. The number of nitrogen functional groups attached to an aromatic ring is 1. The highest BCUT2D eigenvalue weighted by Gasteiger charge is 2.12. The number of nitrogens with one attached hydrogen (secondary N) is 1. The van der Waals surface area contributed by atoms with E-state index < -0.39 is 0 Å². The van der Waals surface area contributed by atoms with Gasteiger partial charge in [-0.15, -0.1) is 0 Å². The van der Waals surface area contributed by atoms with Gasteiger partial charge in [-0.2, -0.15) is 0 Å². The van der Waals surface area contributed by atoms with Gasteiger partial charge in [-0.3, -0.25) is 4.79 Å². The van der Waals surface area contributed by atoms with Crippen molar-refractivity contribution in [2.75, 3.05) is 11.1 Å². The molecule has 2 rings (SSSR count). The first kappa shape index (κ1) is 12.7. The zero-order chi connectivity index (χ0) is 13.1. The third-order valence-electron chi connectivity index (χ3n) is 2.24. The second kappa shape index (κ2) is 5.25. The Morgan fingerprint density at radius 1 is 1.28 bits per heavy atom. The molecule has 0 saturated carbocycles. The van der Waals surface area contributed by atoms with E-state index in [9.17, 15) is 4.79 Å². The van der Waals surface area contributed by atoms with Gasteiger partial charge in [0.25, 0.3) is 5.91 Å². The molecule has 1 heterocycles. The van der Waals surface area contributed by atoms with Crippen LogP contribution in [-0.2, 0) is 0 Å². The monoisotopic (exact) mass is 281 g/mol. The molecule has 0 atom stereocenters. The van der Waals surface area contributed by atoms with Crippen LogP contribution in [0.3, 0.4) is 0 Å². The molecule has 0 saturated heterocycles. The smallest absolute Gasteiger partial charge is 0.257 e. The summed E-state index contributed by atoms with van der Waals surface area (Å²) in [7, 11) is 0. The minimum absolute atomic E-state index is 0.214. The Morgan fingerprint density at radius 3 is 2.78 bits per heavy atom. The first-order valence-electron chi connectivity index (χ1n) is 5.05. The van der Waals surface area contributed by atoms with E-state index in [0.29, 0.717) is 16.4 Å². The molecule has 92 valence electrons. The second-order valence-corrected chi connectivity index (χ2v) is 4.30. The summed E-state index contributed by atoms with van der Waals surface area (Å²) in [5.74, 6) is -0.387. The summed E-state index contributed by atoms with van der Waals surface area (Å²) >= 11 is 11.8. The molecule has 0 fully saturated rings. The molecule has 0 aliphatic rings. The van der Waals surface area contributed by atoms with Crippen LogP contribution in [0.2, 0.25) is 10.2 Å². The molecule has 1 aromatic heterocycles. The maximum absolute atomic E-state index is 12.0. The third kappa shape index (κ3) is 2.72. The molecule has 0 unspecified atom stereocenters. The van der Waals surface area contributed by atoms with Gasteiger partial charge < -0.3 is 11.1 Å². The minimum atomic E-state index is -0.387. The molecule has 3 N–H and O–H groups in total. The topological polar surface area (TPSA) is 68.0 Å². The van der Waals surface area contributed by atoms with E-state index in [1.165, 1.54) is 12.3 Å². The lowest BCUT2D eigenvalue weighted by atomic mass is 10.2. The van der Waals surface area contributed by atoms with Crippen molar-refractivity contribution in [3.05, 3.63) is 52.3 Å². The third-order valence-corrected chi connectivity index (χ3v) is 2.87. The molecule has 0 aliphatic carbocycles. The highest BCUT2D eigenvalue weighted by molar-refractivity contribution is 6.35. The number of carbonyl (C=O) groups is 1. The molecule has 4 nitrogen and oxygen atoms in total. The minimum Gasteiger partial charge on any atom is -0.399 e. The van der Waals surface area contributed by atoms with Gasteiger partial charge in [-0.1, -0.05) is 23.2 Å². The summed E-state index contributed by atoms with van der Waals surface area (Å²) in [5.41, 5.74) is 6.78. The van der Waals surface area contributed by atoms with E-state index in [-0.39, 0.29) is 16.6 Å². The maximum atomic E-state index is 12.0. The van der Waals surface area contributed by atoms with Crippen LogP contribution in [0.25, 0.3) is 0 Å². The fraction of sp³-hybridized carbons (Fsp3) is 0. The molecular formula is C12H9Cl2N3O. The van der Waals surface area contributed by atoms with Crippen molar-refractivity contribution in [1.29, 1.82) is 0 Å². The largest absolute Gasteiger partial charge is 0.399 e. The summed E-state index contributed by atoms with van der Waals surface area (Å²) in [5, 5.41) is 3.16. The molecule has 6 heteroatoms. The molecule has 0 radical (unpaired) electrons. The van der Waals surface area contributed by atoms with Crippen LogP contribution >= 0.6 is 23.2 Å². The number of pyridine rings is 1. The number of benzene rings is 1. The number of anilines is 2. The predicted molar refractivity (Wildman–Crippen MR) is 73.1 cm³/mol. The quantitative estimate of drug-likeness (QED) is 0.656. The van der Waals surface area contributed by atoms with Crippen LogP contribution in [0.4, 0.5) is 11.4 Å². The van der Waals surface area contributed by atoms with Crippen LogP contribution in [0.5, 0.6) is 0 Å². The highest BCUT2D eigenvalue weighted by atomic mass is 35.5. The predicted octanol–water partition coefficient (Wildman–Crippen LogP) is 3.22.